The first-order valence-electron chi connectivity index (χ1n) is 11.3. The van der Waals surface area contributed by atoms with Gasteiger partial charge in [0.15, 0.2) is 28.8 Å². The maximum Gasteiger partial charge on any atom is 0.274 e. The summed E-state index contributed by atoms with van der Waals surface area (Å²) in [5.41, 5.74) is 8.75. The van der Waals surface area contributed by atoms with Gasteiger partial charge < -0.3 is 16.4 Å². The molecular weight excluding hydrogens is 478 g/mol. The highest BCUT2D eigenvalue weighted by atomic mass is 35.5. The fourth-order valence-corrected chi connectivity index (χ4v) is 3.88. The highest BCUT2D eigenvalue weighted by Gasteiger charge is 2.23. The van der Waals surface area contributed by atoms with Gasteiger partial charge >= 0.3 is 0 Å². The molecule has 3 heterocycles. The van der Waals surface area contributed by atoms with E-state index in [0.717, 1.165) is 11.3 Å². The number of hydrogen-bond acceptors (Lipinski definition) is 8. The second kappa shape index (κ2) is 9.96. The predicted octanol–water partition coefficient (Wildman–Crippen LogP) is 4.44. The summed E-state index contributed by atoms with van der Waals surface area (Å²) in [7, 11) is 0. The fraction of sp³-hybridized carbons (Fsp3) is 0.120. The lowest BCUT2D eigenvalue weighted by molar-refractivity contribution is 0.0929. The number of benzene rings is 2. The van der Waals surface area contributed by atoms with Crippen molar-refractivity contribution in [2.75, 3.05) is 11.1 Å². The van der Waals surface area contributed by atoms with Gasteiger partial charge in [0.1, 0.15) is 0 Å². The van der Waals surface area contributed by atoms with E-state index in [0.29, 0.717) is 34.4 Å². The number of halogens is 1. The zero-order chi connectivity index (χ0) is 25.1. The third-order valence-electron chi connectivity index (χ3n) is 5.49. The van der Waals surface area contributed by atoms with Gasteiger partial charge in [-0.05, 0) is 36.8 Å². The number of nitrogens with zero attached hydrogens (tertiary/aromatic N) is 6. The standard InChI is InChI=1S/C25H22ClN9O/c1-2-18(31-25(36)22-23(27)28-14-19(30-22)15-7-4-3-5-8-15)24-33-32-21-12-11-20(34-35(21)24)29-17-10-6-9-16(26)13-17/h3-14,18H,2H2,1H3,(H2,27,28)(H,29,34)(H,31,36)/t18-/m1/s1. The summed E-state index contributed by atoms with van der Waals surface area (Å²) in [6.07, 6.45) is 2.08. The summed E-state index contributed by atoms with van der Waals surface area (Å²) in [5.74, 6) is 0.618. The molecule has 0 aliphatic rings. The van der Waals surface area contributed by atoms with Crippen molar-refractivity contribution in [2.24, 2.45) is 0 Å². The Morgan fingerprint density at radius 1 is 1.08 bits per heavy atom. The van der Waals surface area contributed by atoms with Crippen molar-refractivity contribution in [1.29, 1.82) is 0 Å². The van der Waals surface area contributed by atoms with Crippen LogP contribution < -0.4 is 16.4 Å². The van der Waals surface area contributed by atoms with Gasteiger partial charge in [-0.3, -0.25) is 4.79 Å². The number of aromatic nitrogens is 6. The smallest absolute Gasteiger partial charge is 0.274 e. The Hall–Kier alpha value is -4.57. The van der Waals surface area contributed by atoms with Crippen LogP contribution in [0.2, 0.25) is 5.02 Å². The molecule has 0 saturated carbocycles. The van der Waals surface area contributed by atoms with Crippen molar-refractivity contribution in [1.82, 2.24) is 35.1 Å². The maximum atomic E-state index is 13.2. The zero-order valence-corrected chi connectivity index (χ0v) is 20.0. The molecule has 0 radical (unpaired) electrons. The molecule has 11 heteroatoms. The monoisotopic (exact) mass is 499 g/mol. The molecule has 1 atom stereocenters. The van der Waals surface area contributed by atoms with Gasteiger partial charge in [-0.2, -0.15) is 4.52 Å². The third kappa shape index (κ3) is 4.80. The topological polar surface area (TPSA) is 136 Å². The molecule has 0 unspecified atom stereocenters. The molecule has 0 aliphatic heterocycles. The molecule has 0 fully saturated rings. The fourth-order valence-electron chi connectivity index (χ4n) is 3.69. The number of carbonyl (C=O) groups is 1. The molecule has 10 nitrogen and oxygen atoms in total. The molecule has 0 saturated heterocycles. The average molecular weight is 500 g/mol. The highest BCUT2D eigenvalue weighted by molar-refractivity contribution is 6.30. The molecule has 1 amide bonds. The van der Waals surface area contributed by atoms with Crippen LogP contribution in [0.1, 0.15) is 35.7 Å². The SMILES string of the molecule is CC[C@@H](NC(=O)c1nc(-c2ccccc2)cnc1N)c1nnc2ccc(Nc3cccc(Cl)c3)nn12. The van der Waals surface area contributed by atoms with E-state index in [1.165, 1.54) is 0 Å². The summed E-state index contributed by atoms with van der Waals surface area (Å²) in [5, 5.41) is 19.9. The lowest BCUT2D eigenvalue weighted by Crippen LogP contribution is -2.31. The summed E-state index contributed by atoms with van der Waals surface area (Å²) in [6.45, 7) is 1.93. The number of nitrogens with two attached hydrogens (primary N) is 1. The molecular formula is C25H22ClN9O. The number of amides is 1. The Bertz CT molecular complexity index is 1540. The van der Waals surface area contributed by atoms with Gasteiger partial charge in [-0.15, -0.1) is 15.3 Å². The molecule has 5 aromatic rings. The van der Waals surface area contributed by atoms with E-state index in [9.17, 15) is 4.79 Å². The zero-order valence-electron chi connectivity index (χ0n) is 19.3. The molecule has 3 aromatic heterocycles. The van der Waals surface area contributed by atoms with E-state index < -0.39 is 11.9 Å². The van der Waals surface area contributed by atoms with Crippen molar-refractivity contribution in [3.05, 3.63) is 89.5 Å². The normalized spacial score (nSPS) is 11.8. The summed E-state index contributed by atoms with van der Waals surface area (Å²) < 4.78 is 1.59. The number of fused-ring (bicyclic) bond motifs is 1. The lowest BCUT2D eigenvalue weighted by atomic mass is 10.1. The van der Waals surface area contributed by atoms with Crippen molar-refractivity contribution in [2.45, 2.75) is 19.4 Å². The van der Waals surface area contributed by atoms with E-state index in [1.807, 2.05) is 49.4 Å². The van der Waals surface area contributed by atoms with Gasteiger partial charge in [0.05, 0.1) is 17.9 Å². The van der Waals surface area contributed by atoms with Crippen LogP contribution in [0.3, 0.4) is 0 Å². The number of nitrogen functional groups attached to an aromatic ring is 1. The summed E-state index contributed by atoms with van der Waals surface area (Å²) in [6, 6.07) is 19.9. The molecule has 0 spiro atoms. The van der Waals surface area contributed by atoms with E-state index in [-0.39, 0.29) is 11.5 Å². The van der Waals surface area contributed by atoms with Gasteiger partial charge in [-0.1, -0.05) is 54.9 Å². The quantitative estimate of drug-likeness (QED) is 0.299. The first-order valence-corrected chi connectivity index (χ1v) is 11.6. The van der Waals surface area contributed by atoms with Crippen LogP contribution in [-0.2, 0) is 0 Å². The minimum atomic E-state index is -0.497. The van der Waals surface area contributed by atoms with Crippen LogP contribution in [0.4, 0.5) is 17.3 Å². The van der Waals surface area contributed by atoms with E-state index >= 15 is 0 Å². The van der Waals surface area contributed by atoms with Crippen LogP contribution in [0.25, 0.3) is 16.9 Å². The minimum absolute atomic E-state index is 0.0410. The van der Waals surface area contributed by atoms with Crippen LogP contribution in [-0.4, -0.2) is 35.7 Å². The number of carbonyl (C=O) groups excluding carboxylic acids is 1. The van der Waals surface area contributed by atoms with Crippen LogP contribution in [0.15, 0.2) is 72.9 Å². The second-order valence-electron chi connectivity index (χ2n) is 7.97. The van der Waals surface area contributed by atoms with E-state index in [4.69, 9.17) is 17.3 Å². The van der Waals surface area contributed by atoms with Crippen LogP contribution >= 0.6 is 11.6 Å². The third-order valence-corrected chi connectivity index (χ3v) is 5.73. The number of anilines is 3. The molecule has 180 valence electrons. The molecule has 0 aliphatic carbocycles. The first-order chi connectivity index (χ1) is 17.5. The number of nitrogens with one attached hydrogen (secondary N) is 2. The van der Waals surface area contributed by atoms with Crippen molar-refractivity contribution >= 4 is 40.5 Å². The number of hydrogen-bond donors (Lipinski definition) is 3. The second-order valence-corrected chi connectivity index (χ2v) is 8.41. The minimum Gasteiger partial charge on any atom is -0.382 e. The maximum absolute atomic E-state index is 13.2. The van der Waals surface area contributed by atoms with Gasteiger partial charge in [0.25, 0.3) is 5.91 Å². The summed E-state index contributed by atoms with van der Waals surface area (Å²) >= 11 is 6.08. The first kappa shape index (κ1) is 23.2. The van der Waals surface area contributed by atoms with Crippen LogP contribution in [0, 0.1) is 0 Å². The molecule has 5 rings (SSSR count). The Balaban J connectivity index is 1.42. The van der Waals surface area contributed by atoms with Crippen molar-refractivity contribution in [3.63, 3.8) is 0 Å². The molecule has 0 bridgehead atoms. The van der Waals surface area contributed by atoms with Crippen LogP contribution in [0.5, 0.6) is 0 Å². The van der Waals surface area contributed by atoms with E-state index in [1.54, 1.807) is 35.0 Å². The molecule has 4 N–H and O–H groups in total. The highest BCUT2D eigenvalue weighted by Crippen LogP contribution is 2.22. The van der Waals surface area contributed by atoms with E-state index in [2.05, 4.69) is 35.9 Å². The summed E-state index contributed by atoms with van der Waals surface area (Å²) in [4.78, 5) is 21.8. The molecule has 2 aromatic carbocycles. The lowest BCUT2D eigenvalue weighted by Gasteiger charge is -2.16. The number of rotatable bonds is 7. The Kier molecular flexibility index (Phi) is 6.42. The molecule has 36 heavy (non-hydrogen) atoms. The van der Waals surface area contributed by atoms with Crippen molar-refractivity contribution < 1.29 is 4.79 Å². The Morgan fingerprint density at radius 3 is 2.69 bits per heavy atom. The predicted molar refractivity (Wildman–Crippen MR) is 138 cm³/mol. The van der Waals surface area contributed by atoms with Gasteiger partial charge in [0.2, 0.25) is 0 Å². The average Bonchev–Trinajstić information content (AvgIpc) is 3.31. The van der Waals surface area contributed by atoms with Gasteiger partial charge in [0, 0.05) is 16.3 Å². The Morgan fingerprint density at radius 2 is 1.92 bits per heavy atom. The van der Waals surface area contributed by atoms with Gasteiger partial charge in [-0.25, -0.2) is 9.97 Å². The largest absolute Gasteiger partial charge is 0.382 e. The van der Waals surface area contributed by atoms with Crippen molar-refractivity contribution in [3.8, 4) is 11.3 Å². The Labute approximate surface area is 211 Å².